The minimum Gasteiger partial charge on any atom is -0.491 e. The monoisotopic (exact) mass is 401 g/mol. The van der Waals surface area contributed by atoms with Crippen molar-refractivity contribution >= 4 is 5.96 Å². The highest BCUT2D eigenvalue weighted by molar-refractivity contribution is 5.79. The summed E-state index contributed by atoms with van der Waals surface area (Å²) in [7, 11) is 1.89. The van der Waals surface area contributed by atoms with Gasteiger partial charge in [0.15, 0.2) is 5.96 Å². The third-order valence-electron chi connectivity index (χ3n) is 4.41. The van der Waals surface area contributed by atoms with Gasteiger partial charge in [-0.3, -0.25) is 0 Å². The van der Waals surface area contributed by atoms with Crippen LogP contribution in [-0.4, -0.2) is 50.3 Å². The van der Waals surface area contributed by atoms with Gasteiger partial charge in [0.2, 0.25) is 0 Å². The number of aliphatic imine (C=N–C) groups is 1. The summed E-state index contributed by atoms with van der Waals surface area (Å²) in [6.07, 6.45) is -3.68. The standard InChI is InChI=1S/C20H30F3N3O2/c1-5-24-19(26(4)12-15-8-9-27-13-15)25-11-16-6-7-17(28-14(2)3)10-18(16)20(21,22)23/h6-7,10,14-15H,5,8-9,11-13H2,1-4H3,(H,24,25). The van der Waals surface area contributed by atoms with Gasteiger partial charge in [-0.25, -0.2) is 4.99 Å². The number of alkyl halides is 3. The maximum absolute atomic E-state index is 13.5. The molecule has 0 amide bonds. The number of rotatable bonds is 7. The van der Waals surface area contributed by atoms with Crippen molar-refractivity contribution in [1.82, 2.24) is 10.2 Å². The Bertz CT molecular complexity index is 657. The van der Waals surface area contributed by atoms with E-state index >= 15 is 0 Å². The molecule has 1 N–H and O–H groups in total. The summed E-state index contributed by atoms with van der Waals surface area (Å²) in [5.74, 6) is 1.21. The highest BCUT2D eigenvalue weighted by Gasteiger charge is 2.34. The molecule has 1 aromatic rings. The minimum absolute atomic E-state index is 0.0648. The summed E-state index contributed by atoms with van der Waals surface area (Å²) < 4.78 is 51.4. The summed E-state index contributed by atoms with van der Waals surface area (Å²) >= 11 is 0. The fraction of sp³-hybridized carbons (Fsp3) is 0.650. The van der Waals surface area contributed by atoms with Crippen LogP contribution >= 0.6 is 0 Å². The summed E-state index contributed by atoms with van der Waals surface area (Å²) in [4.78, 5) is 6.39. The topological polar surface area (TPSA) is 46.1 Å². The zero-order valence-corrected chi connectivity index (χ0v) is 17.0. The Morgan fingerprint density at radius 1 is 1.39 bits per heavy atom. The van der Waals surface area contributed by atoms with Gasteiger partial charge in [-0.15, -0.1) is 0 Å². The number of benzene rings is 1. The maximum Gasteiger partial charge on any atom is 0.416 e. The second-order valence-electron chi connectivity index (χ2n) is 7.26. The molecule has 0 spiro atoms. The molecule has 5 nitrogen and oxygen atoms in total. The molecule has 1 fully saturated rings. The summed E-state index contributed by atoms with van der Waals surface area (Å²) in [6.45, 7) is 8.27. The lowest BCUT2D eigenvalue weighted by molar-refractivity contribution is -0.138. The van der Waals surface area contributed by atoms with Crippen LogP contribution in [0, 0.1) is 5.92 Å². The molecule has 0 saturated carbocycles. The molecule has 0 aliphatic carbocycles. The zero-order chi connectivity index (χ0) is 20.7. The lowest BCUT2D eigenvalue weighted by atomic mass is 10.1. The van der Waals surface area contributed by atoms with Crippen molar-refractivity contribution in [3.63, 3.8) is 0 Å². The summed E-state index contributed by atoms with van der Waals surface area (Å²) in [5, 5.41) is 3.15. The number of ether oxygens (including phenoxy) is 2. The number of nitrogens with one attached hydrogen (secondary N) is 1. The molecule has 8 heteroatoms. The Morgan fingerprint density at radius 3 is 2.71 bits per heavy atom. The van der Waals surface area contributed by atoms with Gasteiger partial charge in [0.1, 0.15) is 5.75 Å². The predicted octanol–water partition coefficient (Wildman–Crippen LogP) is 3.93. The van der Waals surface area contributed by atoms with E-state index in [1.807, 2.05) is 18.9 Å². The van der Waals surface area contributed by atoms with Gasteiger partial charge in [-0.2, -0.15) is 13.2 Å². The fourth-order valence-electron chi connectivity index (χ4n) is 3.13. The fourth-order valence-corrected chi connectivity index (χ4v) is 3.13. The SMILES string of the molecule is CCNC(=NCc1ccc(OC(C)C)cc1C(F)(F)F)N(C)CC1CCOC1. The van der Waals surface area contributed by atoms with E-state index in [1.54, 1.807) is 19.9 Å². The van der Waals surface area contributed by atoms with E-state index in [1.165, 1.54) is 6.07 Å². The van der Waals surface area contributed by atoms with Crippen LogP contribution in [0.15, 0.2) is 23.2 Å². The second-order valence-corrected chi connectivity index (χ2v) is 7.26. The van der Waals surface area contributed by atoms with Crippen molar-refractivity contribution in [2.24, 2.45) is 10.9 Å². The molecule has 0 radical (unpaired) electrons. The molecule has 1 heterocycles. The van der Waals surface area contributed by atoms with Crippen molar-refractivity contribution < 1.29 is 22.6 Å². The van der Waals surface area contributed by atoms with Gasteiger partial charge in [-0.1, -0.05) is 6.07 Å². The quantitative estimate of drug-likeness (QED) is 0.556. The first-order valence-electron chi connectivity index (χ1n) is 9.64. The largest absolute Gasteiger partial charge is 0.491 e. The Balaban J connectivity index is 2.19. The summed E-state index contributed by atoms with van der Waals surface area (Å²) in [6, 6.07) is 4.06. The number of halogens is 3. The van der Waals surface area contributed by atoms with Gasteiger partial charge in [-0.05, 0) is 44.9 Å². The van der Waals surface area contributed by atoms with Crippen LogP contribution in [-0.2, 0) is 17.5 Å². The summed E-state index contributed by atoms with van der Waals surface area (Å²) in [5.41, 5.74) is -0.589. The molecule has 1 unspecified atom stereocenters. The van der Waals surface area contributed by atoms with Gasteiger partial charge in [0, 0.05) is 32.7 Å². The molecular formula is C20H30F3N3O2. The van der Waals surface area contributed by atoms with E-state index in [0.717, 1.165) is 25.6 Å². The highest BCUT2D eigenvalue weighted by Crippen LogP contribution is 2.35. The number of nitrogens with zero attached hydrogens (tertiary/aromatic N) is 2. The molecule has 1 aliphatic heterocycles. The van der Waals surface area contributed by atoms with Crippen LogP contribution in [0.5, 0.6) is 5.75 Å². The van der Waals surface area contributed by atoms with E-state index in [2.05, 4.69) is 10.3 Å². The second kappa shape index (κ2) is 10.0. The molecule has 1 aliphatic rings. The molecule has 1 atom stereocenters. The van der Waals surface area contributed by atoms with Gasteiger partial charge >= 0.3 is 6.18 Å². The molecule has 1 saturated heterocycles. The van der Waals surface area contributed by atoms with E-state index in [-0.39, 0.29) is 24.0 Å². The smallest absolute Gasteiger partial charge is 0.416 e. The van der Waals surface area contributed by atoms with Crippen LogP contribution in [0.3, 0.4) is 0 Å². The Kier molecular flexibility index (Phi) is 7.98. The maximum atomic E-state index is 13.5. The molecule has 0 bridgehead atoms. The molecule has 0 aromatic heterocycles. The van der Waals surface area contributed by atoms with Crippen molar-refractivity contribution in [3.05, 3.63) is 29.3 Å². The van der Waals surface area contributed by atoms with Crippen molar-refractivity contribution in [2.75, 3.05) is 33.4 Å². The Morgan fingerprint density at radius 2 is 2.14 bits per heavy atom. The average Bonchev–Trinajstić information content (AvgIpc) is 3.10. The number of hydrogen-bond acceptors (Lipinski definition) is 3. The first-order valence-corrected chi connectivity index (χ1v) is 9.64. The van der Waals surface area contributed by atoms with E-state index in [0.29, 0.717) is 25.0 Å². The number of hydrogen-bond donors (Lipinski definition) is 1. The third-order valence-corrected chi connectivity index (χ3v) is 4.41. The van der Waals surface area contributed by atoms with Crippen LogP contribution in [0.25, 0.3) is 0 Å². The van der Waals surface area contributed by atoms with Crippen molar-refractivity contribution in [2.45, 2.75) is 46.0 Å². The average molecular weight is 401 g/mol. The predicted molar refractivity (Wildman–Crippen MR) is 104 cm³/mol. The van der Waals surface area contributed by atoms with Crippen LogP contribution < -0.4 is 10.1 Å². The molecular weight excluding hydrogens is 371 g/mol. The zero-order valence-electron chi connectivity index (χ0n) is 17.0. The van der Waals surface area contributed by atoms with E-state index in [9.17, 15) is 13.2 Å². The molecule has 28 heavy (non-hydrogen) atoms. The first kappa shape index (κ1) is 22.3. The van der Waals surface area contributed by atoms with E-state index in [4.69, 9.17) is 9.47 Å². The van der Waals surface area contributed by atoms with Crippen LogP contribution in [0.2, 0.25) is 0 Å². The van der Waals surface area contributed by atoms with E-state index < -0.39 is 11.7 Å². The Labute approximate surface area is 164 Å². The first-order chi connectivity index (χ1) is 13.2. The number of guanidine groups is 1. The van der Waals surface area contributed by atoms with Crippen molar-refractivity contribution in [1.29, 1.82) is 0 Å². The lowest BCUT2D eigenvalue weighted by Gasteiger charge is -2.24. The molecule has 1 aromatic carbocycles. The molecule has 158 valence electrons. The van der Waals surface area contributed by atoms with Gasteiger partial charge < -0.3 is 19.7 Å². The van der Waals surface area contributed by atoms with Gasteiger partial charge in [0.25, 0.3) is 0 Å². The van der Waals surface area contributed by atoms with Crippen LogP contribution in [0.1, 0.15) is 38.3 Å². The Hall–Kier alpha value is -1.96. The molecule has 2 rings (SSSR count). The van der Waals surface area contributed by atoms with Crippen LogP contribution in [0.4, 0.5) is 13.2 Å². The highest BCUT2D eigenvalue weighted by atomic mass is 19.4. The lowest BCUT2D eigenvalue weighted by Crippen LogP contribution is -2.41. The van der Waals surface area contributed by atoms with Gasteiger partial charge in [0.05, 0.1) is 24.8 Å². The minimum atomic E-state index is -4.47. The third kappa shape index (κ3) is 6.58. The normalized spacial score (nSPS) is 17.9. The van der Waals surface area contributed by atoms with Crippen molar-refractivity contribution in [3.8, 4) is 5.75 Å².